The normalized spacial score (nSPS) is 10.3. The van der Waals surface area contributed by atoms with Gasteiger partial charge in [-0.1, -0.05) is 29.8 Å². The number of aryl methyl sites for hydroxylation is 1. The molecule has 5 nitrogen and oxygen atoms in total. The molecule has 2 amide bonds. The number of thioether (sulfide) groups is 1. The number of carbonyl (C=O) groups excluding carboxylic acids is 2. The molecule has 2 N–H and O–H groups in total. The molecule has 0 unspecified atom stereocenters. The van der Waals surface area contributed by atoms with Gasteiger partial charge in [-0.2, -0.15) is 0 Å². The fraction of sp³-hybridized carbons (Fsp3) is 0.167. The summed E-state index contributed by atoms with van der Waals surface area (Å²) in [7, 11) is 1.59. The highest BCUT2D eigenvalue weighted by Crippen LogP contribution is 2.17. The van der Waals surface area contributed by atoms with Crippen LogP contribution < -0.4 is 15.4 Å². The van der Waals surface area contributed by atoms with Gasteiger partial charge in [0.1, 0.15) is 5.75 Å². The van der Waals surface area contributed by atoms with Gasteiger partial charge in [-0.3, -0.25) is 9.59 Å². The van der Waals surface area contributed by atoms with Gasteiger partial charge in [0.15, 0.2) is 0 Å². The van der Waals surface area contributed by atoms with Crippen LogP contribution in [0.5, 0.6) is 5.75 Å². The van der Waals surface area contributed by atoms with E-state index in [1.165, 1.54) is 11.1 Å². The molecule has 0 atom stereocenters. The lowest BCUT2D eigenvalue weighted by molar-refractivity contribution is -0.113. The average molecular weight is 421 g/mol. The molecule has 0 spiro atoms. The third-order valence-electron chi connectivity index (χ3n) is 4.40. The zero-order valence-electron chi connectivity index (χ0n) is 17.0. The van der Waals surface area contributed by atoms with Crippen molar-refractivity contribution in [2.75, 3.05) is 23.5 Å². The van der Waals surface area contributed by atoms with Gasteiger partial charge in [0.05, 0.1) is 12.9 Å². The van der Waals surface area contributed by atoms with Crippen molar-refractivity contribution in [3.05, 3.63) is 89.5 Å². The van der Waals surface area contributed by atoms with E-state index in [0.717, 1.165) is 11.5 Å². The molecule has 0 fully saturated rings. The maximum Gasteiger partial charge on any atom is 0.255 e. The van der Waals surface area contributed by atoms with Crippen molar-refractivity contribution >= 4 is 35.0 Å². The Balaban J connectivity index is 1.46. The first-order valence-electron chi connectivity index (χ1n) is 9.52. The summed E-state index contributed by atoms with van der Waals surface area (Å²) in [5.74, 6) is 1.60. The smallest absolute Gasteiger partial charge is 0.255 e. The van der Waals surface area contributed by atoms with Gasteiger partial charge in [0, 0.05) is 22.7 Å². The predicted molar refractivity (Wildman–Crippen MR) is 123 cm³/mol. The van der Waals surface area contributed by atoms with Gasteiger partial charge in [0.2, 0.25) is 5.91 Å². The Bertz CT molecular complexity index is 984. The second-order valence-electron chi connectivity index (χ2n) is 6.79. The van der Waals surface area contributed by atoms with Crippen LogP contribution in [-0.2, 0) is 10.5 Å². The van der Waals surface area contributed by atoms with Crippen LogP contribution in [0.4, 0.5) is 11.4 Å². The molecule has 0 aliphatic rings. The van der Waals surface area contributed by atoms with Gasteiger partial charge >= 0.3 is 0 Å². The van der Waals surface area contributed by atoms with Gasteiger partial charge < -0.3 is 15.4 Å². The van der Waals surface area contributed by atoms with Crippen LogP contribution in [0.3, 0.4) is 0 Å². The van der Waals surface area contributed by atoms with E-state index < -0.39 is 0 Å². The zero-order valence-corrected chi connectivity index (χ0v) is 17.8. The first kappa shape index (κ1) is 21.5. The van der Waals surface area contributed by atoms with Crippen LogP contribution in [-0.4, -0.2) is 24.7 Å². The lowest BCUT2D eigenvalue weighted by atomic mass is 10.2. The Morgan fingerprint density at radius 3 is 2.07 bits per heavy atom. The van der Waals surface area contributed by atoms with Gasteiger partial charge in [-0.05, 0) is 61.0 Å². The summed E-state index contributed by atoms with van der Waals surface area (Å²) in [6.07, 6.45) is 0. The fourth-order valence-corrected chi connectivity index (χ4v) is 3.51. The maximum absolute atomic E-state index is 12.4. The number of nitrogens with one attached hydrogen (secondary N) is 2. The Kier molecular flexibility index (Phi) is 7.51. The molecule has 3 aromatic carbocycles. The minimum absolute atomic E-state index is 0.0671. The zero-order chi connectivity index (χ0) is 21.3. The first-order chi connectivity index (χ1) is 14.5. The standard InChI is InChI=1S/C24H24N2O3S/c1-17-3-5-18(6-4-17)15-30-16-23(27)25-20-9-7-19(8-10-20)24(28)26-21-11-13-22(29-2)14-12-21/h3-14H,15-16H2,1-2H3,(H,25,27)(H,26,28). The molecule has 0 saturated carbocycles. The molecule has 6 heteroatoms. The van der Waals surface area contributed by atoms with E-state index in [0.29, 0.717) is 22.7 Å². The summed E-state index contributed by atoms with van der Waals surface area (Å²) < 4.78 is 5.11. The van der Waals surface area contributed by atoms with Crippen LogP contribution in [0.25, 0.3) is 0 Å². The van der Waals surface area contributed by atoms with E-state index in [4.69, 9.17) is 4.74 Å². The van der Waals surface area contributed by atoms with Gasteiger partial charge in [-0.25, -0.2) is 0 Å². The van der Waals surface area contributed by atoms with E-state index in [9.17, 15) is 9.59 Å². The number of benzene rings is 3. The Morgan fingerprint density at radius 1 is 0.833 bits per heavy atom. The van der Waals surface area contributed by atoms with Gasteiger partial charge in [-0.15, -0.1) is 11.8 Å². The van der Waals surface area contributed by atoms with Crippen molar-refractivity contribution in [3.8, 4) is 5.75 Å². The highest BCUT2D eigenvalue weighted by Gasteiger charge is 2.08. The lowest BCUT2D eigenvalue weighted by Gasteiger charge is -2.08. The van der Waals surface area contributed by atoms with Crippen LogP contribution >= 0.6 is 11.8 Å². The van der Waals surface area contributed by atoms with E-state index in [-0.39, 0.29) is 11.8 Å². The third kappa shape index (κ3) is 6.39. The number of ether oxygens (including phenoxy) is 1. The molecule has 3 rings (SSSR count). The molecular formula is C24H24N2O3S. The maximum atomic E-state index is 12.4. The molecule has 154 valence electrons. The number of anilines is 2. The number of methoxy groups -OCH3 is 1. The second kappa shape index (κ2) is 10.5. The van der Waals surface area contributed by atoms with Crippen LogP contribution in [0.1, 0.15) is 21.5 Å². The number of carbonyl (C=O) groups is 2. The van der Waals surface area contributed by atoms with Crippen molar-refractivity contribution in [1.29, 1.82) is 0 Å². The number of rotatable bonds is 8. The summed E-state index contributed by atoms with van der Waals surface area (Å²) in [6.45, 7) is 2.05. The quantitative estimate of drug-likeness (QED) is 0.530. The molecule has 3 aromatic rings. The highest BCUT2D eigenvalue weighted by atomic mass is 32.2. The Hall–Kier alpha value is -3.25. The summed E-state index contributed by atoms with van der Waals surface area (Å²) in [5, 5.41) is 5.69. The first-order valence-corrected chi connectivity index (χ1v) is 10.7. The summed E-state index contributed by atoms with van der Waals surface area (Å²) in [6, 6.07) is 22.3. The SMILES string of the molecule is COc1ccc(NC(=O)c2ccc(NC(=O)CSCc3ccc(C)cc3)cc2)cc1. The molecular weight excluding hydrogens is 396 g/mol. The summed E-state index contributed by atoms with van der Waals surface area (Å²) in [5.41, 5.74) is 4.28. The van der Waals surface area contributed by atoms with E-state index in [2.05, 4.69) is 41.8 Å². The van der Waals surface area contributed by atoms with Crippen LogP contribution in [0, 0.1) is 6.92 Å². The van der Waals surface area contributed by atoms with Crippen molar-refractivity contribution in [3.63, 3.8) is 0 Å². The number of hydrogen-bond acceptors (Lipinski definition) is 4. The second-order valence-corrected chi connectivity index (χ2v) is 7.77. The number of hydrogen-bond donors (Lipinski definition) is 2. The lowest BCUT2D eigenvalue weighted by Crippen LogP contribution is -2.15. The van der Waals surface area contributed by atoms with E-state index in [1.807, 2.05) is 0 Å². The van der Waals surface area contributed by atoms with Crippen LogP contribution in [0.15, 0.2) is 72.8 Å². The molecule has 0 aliphatic carbocycles. The minimum Gasteiger partial charge on any atom is -0.497 e. The van der Waals surface area contributed by atoms with E-state index >= 15 is 0 Å². The summed E-state index contributed by atoms with van der Waals surface area (Å²) >= 11 is 1.57. The Labute approximate surface area is 180 Å². The largest absolute Gasteiger partial charge is 0.497 e. The van der Waals surface area contributed by atoms with E-state index in [1.54, 1.807) is 67.4 Å². The highest BCUT2D eigenvalue weighted by molar-refractivity contribution is 7.99. The summed E-state index contributed by atoms with van der Waals surface area (Å²) in [4.78, 5) is 24.5. The van der Waals surface area contributed by atoms with Crippen molar-refractivity contribution in [2.24, 2.45) is 0 Å². The third-order valence-corrected chi connectivity index (χ3v) is 5.40. The molecule has 30 heavy (non-hydrogen) atoms. The van der Waals surface area contributed by atoms with Gasteiger partial charge in [0.25, 0.3) is 5.91 Å². The number of amides is 2. The predicted octanol–water partition coefficient (Wildman–Crippen LogP) is 5.13. The monoisotopic (exact) mass is 420 g/mol. The molecule has 0 aromatic heterocycles. The fourth-order valence-electron chi connectivity index (χ4n) is 2.73. The van der Waals surface area contributed by atoms with Crippen molar-refractivity contribution in [2.45, 2.75) is 12.7 Å². The minimum atomic E-state index is -0.216. The molecule has 0 bridgehead atoms. The molecule has 0 heterocycles. The van der Waals surface area contributed by atoms with Crippen molar-refractivity contribution < 1.29 is 14.3 Å². The Morgan fingerprint density at radius 2 is 1.43 bits per heavy atom. The molecule has 0 saturated heterocycles. The molecule has 0 aliphatic heterocycles. The van der Waals surface area contributed by atoms with Crippen molar-refractivity contribution in [1.82, 2.24) is 0 Å². The molecule has 0 radical (unpaired) electrons. The average Bonchev–Trinajstić information content (AvgIpc) is 2.76. The van der Waals surface area contributed by atoms with Crippen LogP contribution in [0.2, 0.25) is 0 Å². The topological polar surface area (TPSA) is 67.4 Å².